The van der Waals surface area contributed by atoms with E-state index in [9.17, 15) is 18.8 Å². The second-order valence-electron chi connectivity index (χ2n) is 7.95. The number of nitrogens with zero attached hydrogens (tertiary/aromatic N) is 3. The Morgan fingerprint density at radius 2 is 1.69 bits per heavy atom. The van der Waals surface area contributed by atoms with Crippen LogP contribution in [-0.2, 0) is 16.9 Å². The fraction of sp³-hybridized carbons (Fsp3) is 0.167. The highest BCUT2D eigenvalue weighted by atomic mass is 19.1. The number of halogens is 1. The lowest BCUT2D eigenvalue weighted by Crippen LogP contribution is -2.53. The molecule has 1 atom stereocenters. The monoisotopic (exact) mass is 430 g/mol. The molecule has 3 heterocycles. The number of nitrogens with one attached hydrogen (secondary N) is 1. The molecule has 0 aliphatic carbocycles. The van der Waals surface area contributed by atoms with E-state index in [0.717, 1.165) is 11.1 Å². The van der Waals surface area contributed by atoms with E-state index in [1.54, 1.807) is 30.6 Å². The molecule has 4 amide bonds. The average molecular weight is 430 g/mol. The van der Waals surface area contributed by atoms with E-state index >= 15 is 0 Å². The minimum atomic E-state index is -1.40. The molecule has 1 fully saturated rings. The van der Waals surface area contributed by atoms with E-state index in [-0.39, 0.29) is 24.6 Å². The maximum Gasteiger partial charge on any atom is 0.325 e. The van der Waals surface area contributed by atoms with Crippen LogP contribution in [0.15, 0.2) is 67.0 Å². The number of hydrogen-bond acceptors (Lipinski definition) is 4. The fourth-order valence-electron chi connectivity index (χ4n) is 4.42. The van der Waals surface area contributed by atoms with Gasteiger partial charge in [0.15, 0.2) is 5.54 Å². The molecule has 7 nitrogen and oxygen atoms in total. The van der Waals surface area contributed by atoms with Crippen molar-refractivity contribution in [3.05, 3.63) is 89.5 Å². The van der Waals surface area contributed by atoms with Gasteiger partial charge in [-0.3, -0.25) is 19.9 Å². The summed E-state index contributed by atoms with van der Waals surface area (Å²) in [5, 5.41) is 2.36. The fourth-order valence-corrected chi connectivity index (χ4v) is 4.42. The predicted octanol–water partition coefficient (Wildman–Crippen LogP) is 2.92. The SMILES string of the molecule is CN1C(=O)NC(=O)C1(CN1Cc2ccc(F)cc2C1=O)c1ccc(-c2ccncc2)cc1. The second-order valence-corrected chi connectivity index (χ2v) is 7.95. The third kappa shape index (κ3) is 2.95. The van der Waals surface area contributed by atoms with Gasteiger partial charge in [-0.1, -0.05) is 30.3 Å². The highest BCUT2D eigenvalue weighted by molar-refractivity contribution is 6.08. The van der Waals surface area contributed by atoms with Crippen molar-refractivity contribution in [2.24, 2.45) is 0 Å². The maximum atomic E-state index is 13.7. The van der Waals surface area contributed by atoms with Crippen LogP contribution in [0.3, 0.4) is 0 Å². The van der Waals surface area contributed by atoms with Gasteiger partial charge in [-0.25, -0.2) is 9.18 Å². The van der Waals surface area contributed by atoms with Crippen molar-refractivity contribution in [1.29, 1.82) is 0 Å². The van der Waals surface area contributed by atoms with Crippen LogP contribution < -0.4 is 5.32 Å². The molecule has 1 N–H and O–H groups in total. The molecular formula is C24H19FN4O3. The number of urea groups is 1. The summed E-state index contributed by atoms with van der Waals surface area (Å²) in [6.45, 7) is 0.186. The third-order valence-corrected chi connectivity index (χ3v) is 6.22. The summed E-state index contributed by atoms with van der Waals surface area (Å²) < 4.78 is 13.7. The number of pyridine rings is 1. The summed E-state index contributed by atoms with van der Waals surface area (Å²) in [5.41, 5.74) is 2.04. The first-order chi connectivity index (χ1) is 15.4. The van der Waals surface area contributed by atoms with Crippen LogP contribution in [-0.4, -0.2) is 46.2 Å². The molecule has 2 aromatic carbocycles. The standard InChI is InChI=1S/C24H19FN4O3/c1-28-23(32)27-22(31)24(28,14-29-13-17-4-7-19(25)12-20(17)21(29)30)18-5-2-15(3-6-18)16-8-10-26-11-9-16/h2-12H,13-14H2,1H3,(H,27,31,32). The van der Waals surface area contributed by atoms with Gasteiger partial charge >= 0.3 is 6.03 Å². The van der Waals surface area contributed by atoms with Crippen molar-refractivity contribution < 1.29 is 18.8 Å². The van der Waals surface area contributed by atoms with Crippen LogP contribution in [0.2, 0.25) is 0 Å². The smallest absolute Gasteiger partial charge is 0.325 e. The van der Waals surface area contributed by atoms with E-state index in [1.807, 2.05) is 24.3 Å². The van der Waals surface area contributed by atoms with Crippen molar-refractivity contribution in [1.82, 2.24) is 20.1 Å². The zero-order valence-electron chi connectivity index (χ0n) is 17.2. The summed E-state index contributed by atoms with van der Waals surface area (Å²) in [5.74, 6) is -1.37. The number of hydrogen-bond donors (Lipinski definition) is 1. The van der Waals surface area contributed by atoms with E-state index in [2.05, 4.69) is 10.3 Å². The molecule has 1 saturated heterocycles. The van der Waals surface area contributed by atoms with Crippen LogP contribution >= 0.6 is 0 Å². The first-order valence-corrected chi connectivity index (χ1v) is 10.1. The molecular weight excluding hydrogens is 411 g/mol. The highest BCUT2D eigenvalue weighted by Crippen LogP contribution is 2.36. The maximum absolute atomic E-state index is 13.7. The van der Waals surface area contributed by atoms with E-state index < -0.39 is 23.3 Å². The first-order valence-electron chi connectivity index (χ1n) is 10.1. The number of imide groups is 1. The van der Waals surface area contributed by atoms with Gasteiger partial charge < -0.3 is 9.80 Å². The van der Waals surface area contributed by atoms with Gasteiger partial charge in [0, 0.05) is 31.5 Å². The Morgan fingerprint density at radius 1 is 1.00 bits per heavy atom. The van der Waals surface area contributed by atoms with Gasteiger partial charge in [0.2, 0.25) is 0 Å². The Kier molecular flexibility index (Phi) is 4.51. The summed E-state index contributed by atoms with van der Waals surface area (Å²) in [6.07, 6.45) is 3.39. The first kappa shape index (κ1) is 19.9. The van der Waals surface area contributed by atoms with Gasteiger partial charge in [0.1, 0.15) is 5.82 Å². The van der Waals surface area contributed by atoms with Crippen LogP contribution in [0.4, 0.5) is 9.18 Å². The van der Waals surface area contributed by atoms with E-state index in [1.165, 1.54) is 29.0 Å². The quantitative estimate of drug-likeness (QED) is 0.646. The summed E-state index contributed by atoms with van der Waals surface area (Å²) in [7, 11) is 1.53. The molecule has 2 aliphatic heterocycles. The molecule has 8 heteroatoms. The van der Waals surface area contributed by atoms with Crippen molar-refractivity contribution >= 4 is 17.8 Å². The van der Waals surface area contributed by atoms with Crippen molar-refractivity contribution in [3.63, 3.8) is 0 Å². The van der Waals surface area contributed by atoms with Gasteiger partial charge in [-0.2, -0.15) is 0 Å². The van der Waals surface area contributed by atoms with Crippen LogP contribution in [0.5, 0.6) is 0 Å². The Bertz CT molecular complexity index is 1250. The van der Waals surface area contributed by atoms with Crippen molar-refractivity contribution in [3.8, 4) is 11.1 Å². The number of likely N-dealkylation sites (N-methyl/N-ethyl adjacent to an activating group) is 1. The number of carbonyl (C=O) groups is 3. The normalized spacial score (nSPS) is 20.0. The van der Waals surface area contributed by atoms with Gasteiger partial charge in [-0.05, 0) is 46.5 Å². The van der Waals surface area contributed by atoms with Gasteiger partial charge in [-0.15, -0.1) is 0 Å². The number of carbonyl (C=O) groups excluding carboxylic acids is 3. The highest BCUT2D eigenvalue weighted by Gasteiger charge is 2.54. The summed E-state index contributed by atoms with van der Waals surface area (Å²) >= 11 is 0. The molecule has 2 aliphatic rings. The van der Waals surface area contributed by atoms with Crippen LogP contribution in [0, 0.1) is 5.82 Å². The molecule has 0 saturated carbocycles. The van der Waals surface area contributed by atoms with Crippen molar-refractivity contribution in [2.45, 2.75) is 12.1 Å². The predicted molar refractivity (Wildman–Crippen MR) is 114 cm³/mol. The molecule has 160 valence electrons. The largest absolute Gasteiger partial charge is 0.331 e. The molecule has 5 rings (SSSR count). The molecule has 32 heavy (non-hydrogen) atoms. The van der Waals surface area contributed by atoms with Gasteiger partial charge in [0.05, 0.1) is 6.54 Å². The molecule has 1 aromatic heterocycles. The van der Waals surface area contributed by atoms with Crippen LogP contribution in [0.1, 0.15) is 21.5 Å². The topological polar surface area (TPSA) is 82.6 Å². The Morgan fingerprint density at radius 3 is 2.34 bits per heavy atom. The Balaban J connectivity index is 1.53. The second kappa shape index (κ2) is 7.26. The average Bonchev–Trinajstić information content (AvgIpc) is 3.23. The molecule has 0 bridgehead atoms. The number of fused-ring (bicyclic) bond motifs is 1. The Hall–Kier alpha value is -4.07. The Labute approximate surface area is 183 Å². The van der Waals surface area contributed by atoms with Gasteiger partial charge in [0.25, 0.3) is 11.8 Å². The van der Waals surface area contributed by atoms with E-state index in [0.29, 0.717) is 11.1 Å². The van der Waals surface area contributed by atoms with Crippen LogP contribution in [0.25, 0.3) is 11.1 Å². The number of rotatable bonds is 4. The number of aromatic nitrogens is 1. The van der Waals surface area contributed by atoms with E-state index in [4.69, 9.17) is 0 Å². The zero-order valence-corrected chi connectivity index (χ0v) is 17.2. The summed E-state index contributed by atoms with van der Waals surface area (Å²) in [6, 6.07) is 14.6. The lowest BCUT2D eigenvalue weighted by molar-refractivity contribution is -0.127. The molecule has 0 spiro atoms. The molecule has 1 unspecified atom stereocenters. The third-order valence-electron chi connectivity index (χ3n) is 6.22. The minimum Gasteiger partial charge on any atom is -0.331 e. The zero-order chi connectivity index (χ0) is 22.5. The number of benzene rings is 2. The lowest BCUT2D eigenvalue weighted by Gasteiger charge is -2.36. The summed E-state index contributed by atoms with van der Waals surface area (Å²) in [4.78, 5) is 45.3. The van der Waals surface area contributed by atoms with Crippen molar-refractivity contribution in [2.75, 3.05) is 13.6 Å². The molecule has 0 radical (unpaired) electrons. The lowest BCUT2D eigenvalue weighted by atomic mass is 9.87. The number of amides is 4. The minimum absolute atomic E-state index is 0.0508. The molecule has 3 aromatic rings.